The first-order valence-electron chi connectivity index (χ1n) is 7.76. The molecule has 0 aliphatic carbocycles. The Morgan fingerprint density at radius 3 is 2.39 bits per heavy atom. The Balaban J connectivity index is 2.03. The molecule has 0 spiro atoms. The zero-order valence-electron chi connectivity index (χ0n) is 13.8. The van der Waals surface area contributed by atoms with Gasteiger partial charge in [0, 0.05) is 30.5 Å². The molecule has 0 aliphatic heterocycles. The molecular weight excluding hydrogens is 288 g/mol. The van der Waals surface area contributed by atoms with Gasteiger partial charge in [0.15, 0.2) is 0 Å². The summed E-state index contributed by atoms with van der Waals surface area (Å²) in [6.45, 7) is 7.91. The first-order chi connectivity index (χ1) is 11.2. The molecule has 0 unspecified atom stereocenters. The van der Waals surface area contributed by atoms with Crippen LogP contribution in [0.1, 0.15) is 36.8 Å². The summed E-state index contributed by atoms with van der Waals surface area (Å²) in [5, 5.41) is 4.10. The topological polar surface area (TPSA) is 57.6 Å². The average Bonchev–Trinajstić information content (AvgIpc) is 2.61. The predicted octanol–water partition coefficient (Wildman–Crippen LogP) is 3.08. The van der Waals surface area contributed by atoms with E-state index in [4.69, 9.17) is 0 Å². The lowest BCUT2D eigenvalue weighted by atomic mass is 10.2. The lowest BCUT2D eigenvalue weighted by molar-refractivity contribution is 0.0955. The number of nitrogens with one attached hydrogen (secondary N) is 1. The largest absolute Gasteiger partial charge is 0.372 e. The molecule has 23 heavy (non-hydrogen) atoms. The third-order valence-electron chi connectivity index (χ3n) is 3.62. The number of hydrogen-bond donors (Lipinski definition) is 1. The van der Waals surface area contributed by atoms with Crippen LogP contribution in [0.25, 0.3) is 0 Å². The number of amides is 1. The molecule has 0 bridgehead atoms. The number of pyridine rings is 1. The van der Waals surface area contributed by atoms with Crippen LogP contribution in [-0.2, 0) is 0 Å². The molecule has 5 heteroatoms. The van der Waals surface area contributed by atoms with Gasteiger partial charge in [0.05, 0.1) is 11.4 Å². The highest BCUT2D eigenvalue weighted by Gasteiger charge is 2.07. The molecule has 1 N–H and O–H groups in total. The molecule has 0 saturated heterocycles. The minimum absolute atomic E-state index is 0.230. The van der Waals surface area contributed by atoms with Gasteiger partial charge < -0.3 is 4.90 Å². The molecule has 0 saturated carbocycles. The summed E-state index contributed by atoms with van der Waals surface area (Å²) < 4.78 is 0. The molecule has 1 aromatic heterocycles. The van der Waals surface area contributed by atoms with Gasteiger partial charge >= 0.3 is 0 Å². The van der Waals surface area contributed by atoms with E-state index >= 15 is 0 Å². The molecule has 1 aromatic carbocycles. The predicted molar refractivity (Wildman–Crippen MR) is 93.9 cm³/mol. The number of hydrazone groups is 1. The van der Waals surface area contributed by atoms with E-state index in [9.17, 15) is 4.79 Å². The van der Waals surface area contributed by atoms with Crippen LogP contribution in [0.2, 0.25) is 0 Å². The molecule has 1 heterocycles. The van der Waals surface area contributed by atoms with Gasteiger partial charge in [0.1, 0.15) is 0 Å². The van der Waals surface area contributed by atoms with Crippen molar-refractivity contribution in [1.82, 2.24) is 10.4 Å². The molecule has 0 atom stereocenters. The van der Waals surface area contributed by atoms with Crippen LogP contribution in [0.4, 0.5) is 5.69 Å². The van der Waals surface area contributed by atoms with Crippen LogP contribution in [0, 0.1) is 0 Å². The number of nitrogens with zero attached hydrogens (tertiary/aromatic N) is 3. The van der Waals surface area contributed by atoms with Crippen molar-refractivity contribution in [2.45, 2.75) is 20.8 Å². The van der Waals surface area contributed by atoms with Crippen molar-refractivity contribution < 1.29 is 4.79 Å². The molecule has 5 nitrogen and oxygen atoms in total. The summed E-state index contributed by atoms with van der Waals surface area (Å²) >= 11 is 0. The molecular formula is C18H22N4O. The first kappa shape index (κ1) is 16.7. The van der Waals surface area contributed by atoms with Crippen LogP contribution in [0.5, 0.6) is 0 Å². The minimum Gasteiger partial charge on any atom is -0.372 e. The molecule has 1 amide bonds. The third kappa shape index (κ3) is 4.39. The van der Waals surface area contributed by atoms with Crippen molar-refractivity contribution in [3.63, 3.8) is 0 Å². The van der Waals surface area contributed by atoms with E-state index < -0.39 is 0 Å². The summed E-state index contributed by atoms with van der Waals surface area (Å²) in [4.78, 5) is 18.6. The zero-order chi connectivity index (χ0) is 16.7. The fraction of sp³-hybridized carbons (Fsp3) is 0.278. The Kier molecular flexibility index (Phi) is 5.86. The van der Waals surface area contributed by atoms with Crippen LogP contribution >= 0.6 is 0 Å². The van der Waals surface area contributed by atoms with Crippen molar-refractivity contribution in [3.05, 3.63) is 59.9 Å². The van der Waals surface area contributed by atoms with Crippen molar-refractivity contribution in [2.75, 3.05) is 18.0 Å². The second-order valence-electron chi connectivity index (χ2n) is 5.07. The monoisotopic (exact) mass is 310 g/mol. The smallest absolute Gasteiger partial charge is 0.271 e. The SMILES string of the molecule is CCN(CC)c1ccc(C(=O)N/N=C(\C)c2ccccn2)cc1. The third-order valence-corrected chi connectivity index (χ3v) is 3.62. The second-order valence-corrected chi connectivity index (χ2v) is 5.07. The maximum atomic E-state index is 12.1. The number of hydrogen-bond acceptors (Lipinski definition) is 4. The average molecular weight is 310 g/mol. The quantitative estimate of drug-likeness (QED) is 0.659. The maximum Gasteiger partial charge on any atom is 0.271 e. The Morgan fingerprint density at radius 1 is 1.13 bits per heavy atom. The number of anilines is 1. The van der Waals surface area contributed by atoms with Crippen molar-refractivity contribution in [3.8, 4) is 0 Å². The summed E-state index contributed by atoms with van der Waals surface area (Å²) in [6.07, 6.45) is 1.70. The van der Waals surface area contributed by atoms with Crippen molar-refractivity contribution >= 4 is 17.3 Å². The van der Waals surface area contributed by atoms with E-state index in [0.29, 0.717) is 11.3 Å². The number of carbonyl (C=O) groups is 1. The van der Waals surface area contributed by atoms with Gasteiger partial charge in [-0.3, -0.25) is 9.78 Å². The zero-order valence-corrected chi connectivity index (χ0v) is 13.8. The Hall–Kier alpha value is -2.69. The number of carbonyl (C=O) groups excluding carboxylic acids is 1. The van der Waals surface area contributed by atoms with E-state index in [1.54, 1.807) is 6.20 Å². The summed E-state index contributed by atoms with van der Waals surface area (Å²) in [5.41, 5.74) is 5.67. The van der Waals surface area contributed by atoms with Gasteiger partial charge in [-0.25, -0.2) is 5.43 Å². The van der Waals surface area contributed by atoms with E-state index in [1.807, 2.05) is 49.4 Å². The second kappa shape index (κ2) is 8.08. The van der Waals surface area contributed by atoms with E-state index in [2.05, 4.69) is 34.3 Å². The number of aromatic nitrogens is 1. The number of rotatable bonds is 6. The highest BCUT2D eigenvalue weighted by Crippen LogP contribution is 2.14. The fourth-order valence-electron chi connectivity index (χ4n) is 2.25. The maximum absolute atomic E-state index is 12.1. The molecule has 0 radical (unpaired) electrons. The lowest BCUT2D eigenvalue weighted by Crippen LogP contribution is -2.22. The molecule has 2 aromatic rings. The van der Waals surface area contributed by atoms with Gasteiger partial charge in [-0.15, -0.1) is 0 Å². The minimum atomic E-state index is -0.230. The van der Waals surface area contributed by atoms with E-state index in [0.717, 1.165) is 24.5 Å². The molecule has 0 aliphatic rings. The lowest BCUT2D eigenvalue weighted by Gasteiger charge is -2.20. The molecule has 120 valence electrons. The highest BCUT2D eigenvalue weighted by atomic mass is 16.2. The molecule has 2 rings (SSSR count). The van der Waals surface area contributed by atoms with Gasteiger partial charge in [-0.1, -0.05) is 6.07 Å². The van der Waals surface area contributed by atoms with Crippen LogP contribution < -0.4 is 10.3 Å². The van der Waals surface area contributed by atoms with E-state index in [-0.39, 0.29) is 5.91 Å². The van der Waals surface area contributed by atoms with Crippen LogP contribution in [-0.4, -0.2) is 29.7 Å². The van der Waals surface area contributed by atoms with Gasteiger partial charge in [0.2, 0.25) is 0 Å². The Labute approximate surface area is 137 Å². The Bertz CT molecular complexity index is 661. The van der Waals surface area contributed by atoms with E-state index in [1.165, 1.54) is 0 Å². The fourth-order valence-corrected chi connectivity index (χ4v) is 2.25. The normalized spacial score (nSPS) is 11.2. The first-order valence-corrected chi connectivity index (χ1v) is 7.76. The summed E-state index contributed by atoms with van der Waals surface area (Å²) in [7, 11) is 0. The van der Waals surface area contributed by atoms with Gasteiger partial charge in [-0.2, -0.15) is 5.10 Å². The van der Waals surface area contributed by atoms with Crippen LogP contribution in [0.15, 0.2) is 53.8 Å². The highest BCUT2D eigenvalue weighted by molar-refractivity contribution is 5.99. The standard InChI is InChI=1S/C18H22N4O/c1-4-22(5-2)16-11-9-15(10-12-16)18(23)21-20-14(3)17-8-6-7-13-19-17/h6-13H,4-5H2,1-3H3,(H,21,23)/b20-14+. The number of benzene rings is 1. The molecule has 0 fully saturated rings. The summed E-state index contributed by atoms with van der Waals surface area (Å²) in [5.74, 6) is -0.230. The Morgan fingerprint density at radius 2 is 1.83 bits per heavy atom. The van der Waals surface area contributed by atoms with Crippen molar-refractivity contribution in [2.24, 2.45) is 5.10 Å². The van der Waals surface area contributed by atoms with Gasteiger partial charge in [-0.05, 0) is 57.2 Å². The van der Waals surface area contributed by atoms with Crippen LogP contribution in [0.3, 0.4) is 0 Å². The van der Waals surface area contributed by atoms with Gasteiger partial charge in [0.25, 0.3) is 5.91 Å². The van der Waals surface area contributed by atoms with Crippen molar-refractivity contribution in [1.29, 1.82) is 0 Å². The summed E-state index contributed by atoms with van der Waals surface area (Å²) in [6, 6.07) is 13.1.